The summed E-state index contributed by atoms with van der Waals surface area (Å²) in [6, 6.07) is 11.1. The van der Waals surface area contributed by atoms with Gasteiger partial charge in [0.2, 0.25) is 0 Å². The molecule has 35 heavy (non-hydrogen) atoms. The highest BCUT2D eigenvalue weighted by atomic mass is 16.5. The Bertz CT molecular complexity index is 935. The quantitative estimate of drug-likeness (QED) is 0.508. The van der Waals surface area contributed by atoms with Crippen LogP contribution in [0.25, 0.3) is 0 Å². The Kier molecular flexibility index (Phi) is 9.42. The summed E-state index contributed by atoms with van der Waals surface area (Å²) in [6.07, 6.45) is 0. The number of anilines is 3. The fourth-order valence-corrected chi connectivity index (χ4v) is 3.67. The number of nitrogens with zero attached hydrogens (tertiary/aromatic N) is 2. The first-order valence-electron chi connectivity index (χ1n) is 11.4. The zero-order chi connectivity index (χ0) is 25.2. The molecule has 190 valence electrons. The number of nitrogens with two attached hydrogens (primary N) is 1. The van der Waals surface area contributed by atoms with Crippen molar-refractivity contribution in [2.75, 3.05) is 82.4 Å². The zero-order valence-electron chi connectivity index (χ0n) is 20.5. The molecule has 2 N–H and O–H groups in total. The van der Waals surface area contributed by atoms with Crippen molar-refractivity contribution >= 4 is 29.0 Å². The second-order valence-electron chi connectivity index (χ2n) is 8.00. The molecule has 2 aromatic carbocycles. The second-order valence-corrected chi connectivity index (χ2v) is 8.00. The molecule has 1 aliphatic heterocycles. The van der Waals surface area contributed by atoms with Gasteiger partial charge in [-0.15, -0.1) is 0 Å². The van der Waals surface area contributed by atoms with E-state index in [1.807, 2.05) is 41.0 Å². The summed E-state index contributed by atoms with van der Waals surface area (Å²) >= 11 is 0. The van der Waals surface area contributed by atoms with Crippen LogP contribution in [0, 0.1) is 6.92 Å². The highest BCUT2D eigenvalue weighted by Gasteiger charge is 2.20. The molecule has 1 heterocycles. The first-order valence-corrected chi connectivity index (χ1v) is 11.4. The average Bonchev–Trinajstić information content (AvgIpc) is 2.85. The van der Waals surface area contributed by atoms with Gasteiger partial charge >= 0.3 is 11.9 Å². The number of rotatable bonds is 4. The SMILES string of the molecule is COC(=O)CN1CCOCCN(CC(=O)OC)c2ccc(N)cc2OCCOc2cc(C)ccc21. The fourth-order valence-electron chi connectivity index (χ4n) is 3.67. The number of hydrogen-bond donors (Lipinski definition) is 1. The lowest BCUT2D eigenvalue weighted by Gasteiger charge is -2.26. The number of ether oxygens (including phenoxy) is 5. The van der Waals surface area contributed by atoms with Crippen molar-refractivity contribution in [3.63, 3.8) is 0 Å². The van der Waals surface area contributed by atoms with Crippen molar-refractivity contribution in [1.82, 2.24) is 0 Å². The van der Waals surface area contributed by atoms with Crippen LogP contribution >= 0.6 is 0 Å². The number of hydrogen-bond acceptors (Lipinski definition) is 10. The molecule has 0 aromatic heterocycles. The summed E-state index contributed by atoms with van der Waals surface area (Å²) < 4.78 is 27.7. The summed E-state index contributed by atoms with van der Waals surface area (Å²) in [5.41, 5.74) is 9.01. The van der Waals surface area contributed by atoms with E-state index in [1.54, 1.807) is 12.1 Å². The highest BCUT2D eigenvalue weighted by molar-refractivity contribution is 5.78. The predicted molar refractivity (Wildman–Crippen MR) is 132 cm³/mol. The van der Waals surface area contributed by atoms with Crippen molar-refractivity contribution in [1.29, 1.82) is 0 Å². The monoisotopic (exact) mass is 487 g/mol. The van der Waals surface area contributed by atoms with Crippen LogP contribution in [-0.4, -0.2) is 78.8 Å². The van der Waals surface area contributed by atoms with E-state index in [1.165, 1.54) is 14.2 Å². The molecule has 0 saturated carbocycles. The van der Waals surface area contributed by atoms with Crippen LogP contribution in [0.1, 0.15) is 5.56 Å². The summed E-state index contributed by atoms with van der Waals surface area (Å²) in [7, 11) is 2.70. The van der Waals surface area contributed by atoms with Crippen molar-refractivity contribution < 1.29 is 33.3 Å². The number of esters is 2. The Labute approximate surface area is 205 Å². The average molecular weight is 488 g/mol. The molecule has 0 amide bonds. The molecule has 0 fully saturated rings. The minimum atomic E-state index is -0.385. The van der Waals surface area contributed by atoms with Crippen LogP contribution in [0.2, 0.25) is 0 Å². The molecule has 0 saturated heterocycles. The third kappa shape index (κ3) is 7.41. The Morgan fingerprint density at radius 1 is 0.829 bits per heavy atom. The van der Waals surface area contributed by atoms with Crippen molar-refractivity contribution in [2.45, 2.75) is 6.92 Å². The minimum Gasteiger partial charge on any atom is -0.488 e. The molecule has 0 atom stereocenters. The van der Waals surface area contributed by atoms with Gasteiger partial charge in [-0.3, -0.25) is 9.59 Å². The number of benzene rings is 2. The van der Waals surface area contributed by atoms with Gasteiger partial charge in [-0.25, -0.2) is 0 Å². The molecule has 0 aliphatic carbocycles. The second kappa shape index (κ2) is 12.7. The zero-order valence-corrected chi connectivity index (χ0v) is 20.5. The lowest BCUT2D eigenvalue weighted by atomic mass is 10.2. The van der Waals surface area contributed by atoms with E-state index in [-0.39, 0.29) is 38.2 Å². The Morgan fingerprint density at radius 2 is 1.34 bits per heavy atom. The van der Waals surface area contributed by atoms with Gasteiger partial charge in [0.15, 0.2) is 0 Å². The Morgan fingerprint density at radius 3 is 1.89 bits per heavy atom. The van der Waals surface area contributed by atoms with Crippen LogP contribution in [0.5, 0.6) is 11.5 Å². The molecule has 0 bridgehead atoms. The standard InChI is InChI=1S/C25H33N3O7/c1-18-4-6-20-22(14-18)34-12-13-35-23-15-19(26)5-7-21(23)28(17-25(30)32-3)9-11-33-10-8-27(20)16-24(29)31-2/h4-7,14-15H,8-13,16-17,26H2,1-3H3. The first kappa shape index (κ1) is 26.0. The summed E-state index contributed by atoms with van der Waals surface area (Å²) in [5, 5.41) is 0. The molecular formula is C25H33N3O7. The maximum absolute atomic E-state index is 12.1. The number of carbonyl (C=O) groups is 2. The molecule has 0 radical (unpaired) electrons. The molecular weight excluding hydrogens is 454 g/mol. The number of fused-ring (bicyclic) bond motifs is 2. The van der Waals surface area contributed by atoms with E-state index in [9.17, 15) is 9.59 Å². The van der Waals surface area contributed by atoms with Gasteiger partial charge in [-0.2, -0.15) is 0 Å². The predicted octanol–water partition coefficient (Wildman–Crippen LogP) is 2.02. The van der Waals surface area contributed by atoms with Gasteiger partial charge in [0.1, 0.15) is 37.8 Å². The van der Waals surface area contributed by atoms with Gasteiger partial charge in [0.05, 0.1) is 38.8 Å². The van der Waals surface area contributed by atoms with E-state index < -0.39 is 0 Å². The normalized spacial score (nSPS) is 14.8. The van der Waals surface area contributed by atoms with Crippen LogP contribution in [0.4, 0.5) is 17.1 Å². The number of aryl methyl sites for hydroxylation is 1. The Hall–Kier alpha value is -3.66. The van der Waals surface area contributed by atoms with E-state index in [0.29, 0.717) is 49.2 Å². The van der Waals surface area contributed by atoms with Gasteiger partial charge in [0, 0.05) is 24.8 Å². The number of carbonyl (C=O) groups excluding carboxylic acids is 2. The van der Waals surface area contributed by atoms with Gasteiger partial charge in [-0.1, -0.05) is 6.07 Å². The van der Waals surface area contributed by atoms with E-state index in [4.69, 9.17) is 29.4 Å². The maximum Gasteiger partial charge on any atom is 0.325 e. The molecule has 1 aliphatic rings. The van der Waals surface area contributed by atoms with Crippen molar-refractivity contribution in [2.24, 2.45) is 0 Å². The van der Waals surface area contributed by atoms with E-state index in [2.05, 4.69) is 0 Å². The highest BCUT2D eigenvalue weighted by Crippen LogP contribution is 2.32. The Balaban J connectivity index is 1.88. The van der Waals surface area contributed by atoms with E-state index >= 15 is 0 Å². The van der Waals surface area contributed by atoms with Gasteiger partial charge in [-0.05, 0) is 36.8 Å². The lowest BCUT2D eigenvalue weighted by molar-refractivity contribution is -0.139. The molecule has 3 rings (SSSR count). The van der Waals surface area contributed by atoms with Crippen molar-refractivity contribution in [3.05, 3.63) is 42.0 Å². The van der Waals surface area contributed by atoms with Crippen LogP contribution in [0.3, 0.4) is 0 Å². The third-order valence-corrected chi connectivity index (χ3v) is 5.49. The summed E-state index contributed by atoms with van der Waals surface area (Å²) in [4.78, 5) is 27.8. The molecule has 0 spiro atoms. The van der Waals surface area contributed by atoms with Crippen molar-refractivity contribution in [3.8, 4) is 11.5 Å². The molecule has 10 heteroatoms. The van der Waals surface area contributed by atoms with Gasteiger partial charge < -0.3 is 39.2 Å². The number of nitrogen functional groups attached to an aromatic ring is 1. The minimum absolute atomic E-state index is 0.0236. The largest absolute Gasteiger partial charge is 0.488 e. The van der Waals surface area contributed by atoms with Crippen LogP contribution < -0.4 is 25.0 Å². The van der Waals surface area contributed by atoms with E-state index in [0.717, 1.165) is 11.3 Å². The molecule has 2 aromatic rings. The van der Waals surface area contributed by atoms with Crippen LogP contribution in [-0.2, 0) is 23.8 Å². The molecule has 0 unspecified atom stereocenters. The fraction of sp³-hybridized carbons (Fsp3) is 0.440. The first-order chi connectivity index (χ1) is 16.9. The topological polar surface area (TPSA) is 113 Å². The van der Waals surface area contributed by atoms with Crippen LogP contribution in [0.15, 0.2) is 36.4 Å². The lowest BCUT2D eigenvalue weighted by Crippen LogP contribution is -2.36. The summed E-state index contributed by atoms with van der Waals surface area (Å²) in [6.45, 7) is 4.08. The molecule has 10 nitrogen and oxygen atoms in total. The smallest absolute Gasteiger partial charge is 0.325 e. The summed E-state index contributed by atoms with van der Waals surface area (Å²) in [5.74, 6) is 0.413. The van der Waals surface area contributed by atoms with Gasteiger partial charge in [0.25, 0.3) is 0 Å². The number of methoxy groups -OCH3 is 2. The maximum atomic E-state index is 12.1. The third-order valence-electron chi connectivity index (χ3n) is 5.49.